The van der Waals surface area contributed by atoms with Gasteiger partial charge in [0.15, 0.2) is 0 Å². The second-order valence-corrected chi connectivity index (χ2v) is 3.89. The highest BCUT2D eigenvalue weighted by Gasteiger charge is 1.98. The highest BCUT2D eigenvalue weighted by atomic mass is 127. The molecule has 0 aliphatic heterocycles. The number of halogens is 3. The lowest BCUT2D eigenvalue weighted by atomic mass is 10.3. The van der Waals surface area contributed by atoms with Crippen molar-refractivity contribution in [2.75, 3.05) is 18.5 Å². The predicted molar refractivity (Wildman–Crippen MR) is 58.6 cm³/mol. The minimum atomic E-state index is -0.387. The standard InChI is InChI=1S/C8H8ClFIN/c9-7-5-6(11)1-2-8(7)12-4-3-10/h1-2,5,12H,3-4H2. The second-order valence-electron chi connectivity index (χ2n) is 2.24. The summed E-state index contributed by atoms with van der Waals surface area (Å²) < 4.78 is 12.9. The normalized spacial score (nSPS) is 9.92. The molecule has 1 aromatic carbocycles. The summed E-state index contributed by atoms with van der Waals surface area (Å²) in [7, 11) is 0. The monoisotopic (exact) mass is 299 g/mol. The lowest BCUT2D eigenvalue weighted by Crippen LogP contribution is -2.03. The van der Waals surface area contributed by atoms with Gasteiger partial charge in [-0.2, -0.15) is 0 Å². The lowest BCUT2D eigenvalue weighted by molar-refractivity contribution is 0.513. The van der Waals surface area contributed by atoms with Crippen molar-refractivity contribution >= 4 is 39.9 Å². The zero-order chi connectivity index (χ0) is 8.97. The third-order valence-corrected chi connectivity index (χ3v) is 2.32. The third kappa shape index (κ3) is 2.79. The average Bonchev–Trinajstić information content (AvgIpc) is 2.03. The van der Waals surface area contributed by atoms with Crippen LogP contribution in [0, 0.1) is 3.57 Å². The first-order valence-corrected chi connectivity index (χ1v) is 4.94. The van der Waals surface area contributed by atoms with Crippen LogP contribution in [0.5, 0.6) is 0 Å². The fourth-order valence-electron chi connectivity index (χ4n) is 0.815. The van der Waals surface area contributed by atoms with Crippen LogP contribution in [0.3, 0.4) is 0 Å². The first-order valence-electron chi connectivity index (χ1n) is 3.49. The quantitative estimate of drug-likeness (QED) is 0.844. The maximum Gasteiger partial charge on any atom is 0.107 e. The van der Waals surface area contributed by atoms with Gasteiger partial charge in [0.1, 0.15) is 6.67 Å². The van der Waals surface area contributed by atoms with Crippen LogP contribution in [-0.4, -0.2) is 13.2 Å². The van der Waals surface area contributed by atoms with E-state index in [9.17, 15) is 4.39 Å². The summed E-state index contributed by atoms with van der Waals surface area (Å²) in [6.07, 6.45) is 0. The smallest absolute Gasteiger partial charge is 0.107 e. The fraction of sp³-hybridized carbons (Fsp3) is 0.250. The molecule has 1 aromatic rings. The van der Waals surface area contributed by atoms with E-state index >= 15 is 0 Å². The molecule has 66 valence electrons. The molecule has 0 spiro atoms. The zero-order valence-electron chi connectivity index (χ0n) is 6.28. The summed E-state index contributed by atoms with van der Waals surface area (Å²) in [5.41, 5.74) is 0.787. The van der Waals surface area contributed by atoms with Crippen LogP contribution >= 0.6 is 34.2 Å². The maximum absolute atomic E-state index is 11.8. The van der Waals surface area contributed by atoms with Gasteiger partial charge < -0.3 is 5.32 Å². The van der Waals surface area contributed by atoms with E-state index in [0.29, 0.717) is 11.6 Å². The number of nitrogens with one attached hydrogen (secondary N) is 1. The van der Waals surface area contributed by atoms with E-state index in [1.54, 1.807) is 0 Å². The Kier molecular flexibility index (Phi) is 4.08. The van der Waals surface area contributed by atoms with Crippen LogP contribution in [0.2, 0.25) is 5.02 Å². The molecular weight excluding hydrogens is 291 g/mol. The Morgan fingerprint density at radius 2 is 2.25 bits per heavy atom. The van der Waals surface area contributed by atoms with Crippen molar-refractivity contribution in [3.05, 3.63) is 26.8 Å². The number of hydrogen-bond donors (Lipinski definition) is 1. The van der Waals surface area contributed by atoms with E-state index in [0.717, 1.165) is 9.26 Å². The number of alkyl halides is 1. The predicted octanol–water partition coefficient (Wildman–Crippen LogP) is 3.33. The fourth-order valence-corrected chi connectivity index (χ4v) is 1.74. The molecule has 0 amide bonds. The molecule has 0 radical (unpaired) electrons. The summed E-state index contributed by atoms with van der Waals surface area (Å²) in [5, 5.41) is 3.51. The molecule has 0 atom stereocenters. The average molecular weight is 300 g/mol. The molecule has 4 heteroatoms. The molecule has 12 heavy (non-hydrogen) atoms. The van der Waals surface area contributed by atoms with Crippen LogP contribution in [0.15, 0.2) is 18.2 Å². The Morgan fingerprint density at radius 1 is 1.50 bits per heavy atom. The van der Waals surface area contributed by atoms with Crippen molar-refractivity contribution in [3.8, 4) is 0 Å². The van der Waals surface area contributed by atoms with Crippen molar-refractivity contribution in [2.45, 2.75) is 0 Å². The molecule has 0 aliphatic rings. The largest absolute Gasteiger partial charge is 0.381 e. The second kappa shape index (κ2) is 4.87. The minimum absolute atomic E-state index is 0.306. The van der Waals surface area contributed by atoms with Crippen molar-refractivity contribution in [3.63, 3.8) is 0 Å². The van der Waals surface area contributed by atoms with Gasteiger partial charge in [0.2, 0.25) is 0 Å². The molecule has 0 saturated heterocycles. The van der Waals surface area contributed by atoms with Crippen molar-refractivity contribution in [1.82, 2.24) is 0 Å². The number of hydrogen-bond acceptors (Lipinski definition) is 1. The van der Waals surface area contributed by atoms with E-state index in [4.69, 9.17) is 11.6 Å². The van der Waals surface area contributed by atoms with E-state index in [-0.39, 0.29) is 6.67 Å². The Balaban J connectivity index is 2.72. The van der Waals surface area contributed by atoms with Gasteiger partial charge in [0, 0.05) is 10.1 Å². The number of benzene rings is 1. The van der Waals surface area contributed by atoms with Crippen molar-refractivity contribution < 1.29 is 4.39 Å². The van der Waals surface area contributed by atoms with Gasteiger partial charge in [-0.1, -0.05) is 11.6 Å². The SMILES string of the molecule is FCCNc1ccc(I)cc1Cl. The lowest BCUT2D eigenvalue weighted by Gasteiger charge is -2.05. The first-order chi connectivity index (χ1) is 5.74. The van der Waals surface area contributed by atoms with Gasteiger partial charge in [0.25, 0.3) is 0 Å². The topological polar surface area (TPSA) is 12.0 Å². The van der Waals surface area contributed by atoms with Crippen LogP contribution < -0.4 is 5.32 Å². The molecule has 0 aromatic heterocycles. The van der Waals surface area contributed by atoms with E-state index < -0.39 is 0 Å². The molecule has 1 rings (SSSR count). The Labute approximate surface area is 89.4 Å². The summed E-state index contributed by atoms with van der Waals surface area (Å²) in [5.74, 6) is 0. The molecule has 0 unspecified atom stereocenters. The molecule has 1 nitrogen and oxygen atoms in total. The van der Waals surface area contributed by atoms with Gasteiger partial charge in [0.05, 0.1) is 10.7 Å². The van der Waals surface area contributed by atoms with Gasteiger partial charge in [-0.15, -0.1) is 0 Å². The maximum atomic E-state index is 11.8. The molecule has 0 heterocycles. The zero-order valence-corrected chi connectivity index (χ0v) is 9.19. The Hall–Kier alpha value is -0.0300. The number of anilines is 1. The highest BCUT2D eigenvalue weighted by Crippen LogP contribution is 2.23. The Morgan fingerprint density at radius 3 is 2.83 bits per heavy atom. The first kappa shape index (κ1) is 10.1. The third-order valence-electron chi connectivity index (χ3n) is 1.34. The van der Waals surface area contributed by atoms with Gasteiger partial charge >= 0.3 is 0 Å². The van der Waals surface area contributed by atoms with E-state index in [1.165, 1.54) is 0 Å². The van der Waals surface area contributed by atoms with Crippen molar-refractivity contribution in [1.29, 1.82) is 0 Å². The van der Waals surface area contributed by atoms with Crippen LogP contribution in [0.25, 0.3) is 0 Å². The van der Waals surface area contributed by atoms with Gasteiger partial charge in [-0.3, -0.25) is 0 Å². The van der Waals surface area contributed by atoms with Crippen molar-refractivity contribution in [2.24, 2.45) is 0 Å². The van der Waals surface area contributed by atoms with Crippen LogP contribution in [0.1, 0.15) is 0 Å². The molecular formula is C8H8ClFIN. The highest BCUT2D eigenvalue weighted by molar-refractivity contribution is 14.1. The summed E-state index contributed by atoms with van der Waals surface area (Å²) in [6, 6.07) is 5.61. The molecule has 0 fully saturated rings. The van der Waals surface area contributed by atoms with Gasteiger partial charge in [-0.25, -0.2) is 4.39 Å². The minimum Gasteiger partial charge on any atom is -0.381 e. The summed E-state index contributed by atoms with van der Waals surface area (Å²) in [6.45, 7) is -0.0807. The van der Waals surface area contributed by atoms with Crippen LogP contribution in [0.4, 0.5) is 10.1 Å². The number of rotatable bonds is 3. The van der Waals surface area contributed by atoms with E-state index in [1.807, 2.05) is 18.2 Å². The molecule has 1 N–H and O–H groups in total. The summed E-state index contributed by atoms with van der Waals surface area (Å²) >= 11 is 8.05. The molecule has 0 aliphatic carbocycles. The van der Waals surface area contributed by atoms with Crippen LogP contribution in [-0.2, 0) is 0 Å². The summed E-state index contributed by atoms with van der Waals surface area (Å²) in [4.78, 5) is 0. The Bertz CT molecular complexity index is 267. The van der Waals surface area contributed by atoms with Gasteiger partial charge in [-0.05, 0) is 40.8 Å². The molecule has 0 bridgehead atoms. The molecule has 0 saturated carbocycles. The van der Waals surface area contributed by atoms with E-state index in [2.05, 4.69) is 27.9 Å².